The minimum atomic E-state index is -0.194. The van der Waals surface area contributed by atoms with Crippen molar-refractivity contribution < 1.29 is 9.18 Å². The Morgan fingerprint density at radius 1 is 1.14 bits per heavy atom. The summed E-state index contributed by atoms with van der Waals surface area (Å²) >= 11 is 0. The molecule has 1 amide bonds. The van der Waals surface area contributed by atoms with Crippen molar-refractivity contribution in [3.8, 4) is 0 Å². The molecule has 2 heterocycles. The van der Waals surface area contributed by atoms with Gasteiger partial charge in [0.25, 0.3) is 0 Å². The lowest BCUT2D eigenvalue weighted by Gasteiger charge is -2.31. The number of nitrogens with zero attached hydrogens (tertiary/aromatic N) is 2. The van der Waals surface area contributed by atoms with Gasteiger partial charge in [-0.2, -0.15) is 0 Å². The van der Waals surface area contributed by atoms with Crippen LogP contribution < -0.4 is 5.32 Å². The van der Waals surface area contributed by atoms with E-state index in [1.165, 1.54) is 12.1 Å². The van der Waals surface area contributed by atoms with E-state index in [1.54, 1.807) is 0 Å². The van der Waals surface area contributed by atoms with Crippen LogP contribution in [0, 0.1) is 11.7 Å². The second-order valence-corrected chi connectivity index (χ2v) is 5.94. The van der Waals surface area contributed by atoms with E-state index in [1.807, 2.05) is 17.0 Å². The molecular weight excluding hydrogens is 269 g/mol. The number of hydrogen-bond acceptors (Lipinski definition) is 3. The first-order valence-electron chi connectivity index (χ1n) is 7.69. The van der Waals surface area contributed by atoms with Gasteiger partial charge in [-0.1, -0.05) is 12.1 Å². The van der Waals surface area contributed by atoms with Crippen LogP contribution in [0.4, 0.5) is 4.39 Å². The topological polar surface area (TPSA) is 35.6 Å². The maximum absolute atomic E-state index is 12.9. The van der Waals surface area contributed by atoms with Gasteiger partial charge in [-0.3, -0.25) is 9.69 Å². The van der Waals surface area contributed by atoms with Crippen molar-refractivity contribution in [2.45, 2.75) is 13.0 Å². The molecule has 0 aliphatic carbocycles. The molecule has 4 nitrogen and oxygen atoms in total. The van der Waals surface area contributed by atoms with Gasteiger partial charge in [-0.25, -0.2) is 4.39 Å². The third-order valence-corrected chi connectivity index (χ3v) is 4.35. The van der Waals surface area contributed by atoms with Gasteiger partial charge in [-0.15, -0.1) is 0 Å². The first-order chi connectivity index (χ1) is 10.2. The van der Waals surface area contributed by atoms with E-state index in [-0.39, 0.29) is 11.7 Å². The fourth-order valence-corrected chi connectivity index (χ4v) is 2.92. The Kier molecular flexibility index (Phi) is 4.51. The minimum Gasteiger partial charge on any atom is -0.341 e. The molecule has 0 radical (unpaired) electrons. The van der Waals surface area contributed by atoms with Crippen LogP contribution in [-0.4, -0.2) is 55.0 Å². The van der Waals surface area contributed by atoms with Gasteiger partial charge in [-0.05, 0) is 24.1 Å². The molecule has 0 spiro atoms. The maximum atomic E-state index is 12.9. The number of carbonyl (C=O) groups is 1. The fourth-order valence-electron chi connectivity index (χ4n) is 2.92. The first kappa shape index (κ1) is 14.5. The molecule has 1 aromatic carbocycles. The van der Waals surface area contributed by atoms with Crippen molar-refractivity contribution in [2.75, 3.05) is 39.3 Å². The van der Waals surface area contributed by atoms with Crippen LogP contribution in [0.1, 0.15) is 12.0 Å². The summed E-state index contributed by atoms with van der Waals surface area (Å²) in [6.45, 7) is 6.02. The number of rotatable bonds is 3. The molecule has 114 valence electrons. The zero-order valence-corrected chi connectivity index (χ0v) is 12.2. The number of amides is 1. The number of benzene rings is 1. The van der Waals surface area contributed by atoms with E-state index in [0.717, 1.165) is 57.8 Å². The summed E-state index contributed by atoms with van der Waals surface area (Å²) in [5.41, 5.74) is 1.12. The Balaban J connectivity index is 1.53. The van der Waals surface area contributed by atoms with Crippen LogP contribution in [0.5, 0.6) is 0 Å². The average Bonchev–Trinajstić information content (AvgIpc) is 2.65. The predicted molar refractivity (Wildman–Crippen MR) is 79.2 cm³/mol. The third kappa shape index (κ3) is 3.60. The molecule has 0 bridgehead atoms. The zero-order valence-electron chi connectivity index (χ0n) is 12.2. The molecule has 0 unspecified atom stereocenters. The largest absolute Gasteiger partial charge is 0.341 e. The van der Waals surface area contributed by atoms with Crippen LogP contribution in [0.2, 0.25) is 0 Å². The summed E-state index contributed by atoms with van der Waals surface area (Å²) in [5.74, 6) is 0.298. The fraction of sp³-hybridized carbons (Fsp3) is 0.562. The molecule has 0 atom stereocenters. The molecule has 1 N–H and O–H groups in total. The summed E-state index contributed by atoms with van der Waals surface area (Å²) in [7, 11) is 0. The minimum absolute atomic E-state index is 0.189. The van der Waals surface area contributed by atoms with Crippen molar-refractivity contribution in [2.24, 2.45) is 5.92 Å². The van der Waals surface area contributed by atoms with Crippen LogP contribution in [0.25, 0.3) is 0 Å². The zero-order chi connectivity index (χ0) is 14.7. The quantitative estimate of drug-likeness (QED) is 0.905. The average molecular weight is 291 g/mol. The normalized spacial score (nSPS) is 20.9. The Bertz CT molecular complexity index is 487. The lowest BCUT2D eigenvalue weighted by molar-refractivity contribution is -0.136. The van der Waals surface area contributed by atoms with Gasteiger partial charge in [0.2, 0.25) is 5.91 Å². The number of halogens is 1. The summed E-state index contributed by atoms with van der Waals surface area (Å²) in [6, 6.07) is 6.69. The second kappa shape index (κ2) is 6.54. The third-order valence-electron chi connectivity index (χ3n) is 4.35. The molecule has 1 aromatic rings. The van der Waals surface area contributed by atoms with Gasteiger partial charge < -0.3 is 10.2 Å². The van der Waals surface area contributed by atoms with Gasteiger partial charge in [0.1, 0.15) is 5.82 Å². The smallest absolute Gasteiger partial charge is 0.228 e. The molecular formula is C16H22FN3O. The Labute approximate surface area is 124 Å². The van der Waals surface area contributed by atoms with E-state index < -0.39 is 0 Å². The molecule has 2 aliphatic rings. The van der Waals surface area contributed by atoms with E-state index in [9.17, 15) is 9.18 Å². The molecule has 21 heavy (non-hydrogen) atoms. The monoisotopic (exact) mass is 291 g/mol. The lowest BCUT2D eigenvalue weighted by atomic mass is 10.0. The Morgan fingerprint density at radius 2 is 1.90 bits per heavy atom. The Hall–Kier alpha value is -1.46. The van der Waals surface area contributed by atoms with Gasteiger partial charge in [0.05, 0.1) is 5.92 Å². The Morgan fingerprint density at radius 3 is 2.57 bits per heavy atom. The summed E-state index contributed by atoms with van der Waals surface area (Å²) in [4.78, 5) is 16.6. The SMILES string of the molecule is O=C(C1CNC1)N1CCCN(Cc2ccc(F)cc2)CC1. The van der Waals surface area contributed by atoms with Crippen molar-refractivity contribution >= 4 is 5.91 Å². The number of hydrogen-bond donors (Lipinski definition) is 1. The van der Waals surface area contributed by atoms with Crippen LogP contribution in [0.3, 0.4) is 0 Å². The van der Waals surface area contributed by atoms with E-state index in [2.05, 4.69) is 10.2 Å². The van der Waals surface area contributed by atoms with E-state index in [4.69, 9.17) is 0 Å². The number of nitrogens with one attached hydrogen (secondary N) is 1. The lowest BCUT2D eigenvalue weighted by Crippen LogP contribution is -2.52. The van der Waals surface area contributed by atoms with Crippen LogP contribution >= 0.6 is 0 Å². The highest BCUT2D eigenvalue weighted by Gasteiger charge is 2.30. The number of carbonyl (C=O) groups excluding carboxylic acids is 1. The van der Waals surface area contributed by atoms with E-state index >= 15 is 0 Å². The standard InChI is InChI=1S/C16H22FN3O/c17-15-4-2-13(3-5-15)12-19-6-1-7-20(9-8-19)16(21)14-10-18-11-14/h2-5,14,18H,1,6-12H2. The summed E-state index contributed by atoms with van der Waals surface area (Å²) < 4.78 is 12.9. The highest BCUT2D eigenvalue weighted by molar-refractivity contribution is 5.80. The van der Waals surface area contributed by atoms with Crippen LogP contribution in [0.15, 0.2) is 24.3 Å². The molecule has 3 rings (SSSR count). The molecule has 5 heteroatoms. The molecule has 0 saturated carbocycles. The second-order valence-electron chi connectivity index (χ2n) is 5.94. The highest BCUT2D eigenvalue weighted by atomic mass is 19.1. The maximum Gasteiger partial charge on any atom is 0.228 e. The summed E-state index contributed by atoms with van der Waals surface area (Å²) in [5, 5.41) is 3.15. The van der Waals surface area contributed by atoms with Gasteiger partial charge in [0, 0.05) is 45.8 Å². The van der Waals surface area contributed by atoms with Crippen molar-refractivity contribution in [3.05, 3.63) is 35.6 Å². The highest BCUT2D eigenvalue weighted by Crippen LogP contribution is 2.13. The molecule has 2 fully saturated rings. The summed E-state index contributed by atoms with van der Waals surface area (Å²) in [6.07, 6.45) is 1.01. The van der Waals surface area contributed by atoms with Gasteiger partial charge in [0.15, 0.2) is 0 Å². The van der Waals surface area contributed by atoms with Crippen molar-refractivity contribution in [1.29, 1.82) is 0 Å². The van der Waals surface area contributed by atoms with Crippen LogP contribution in [-0.2, 0) is 11.3 Å². The van der Waals surface area contributed by atoms with Crippen molar-refractivity contribution in [1.82, 2.24) is 15.1 Å². The predicted octanol–water partition coefficient (Wildman–Crippen LogP) is 1.08. The molecule has 2 saturated heterocycles. The van der Waals surface area contributed by atoms with Gasteiger partial charge >= 0.3 is 0 Å². The van der Waals surface area contributed by atoms with E-state index in [0.29, 0.717) is 5.91 Å². The first-order valence-corrected chi connectivity index (χ1v) is 7.69. The molecule has 2 aliphatic heterocycles. The van der Waals surface area contributed by atoms with Crippen molar-refractivity contribution in [3.63, 3.8) is 0 Å². The molecule has 0 aromatic heterocycles.